The third-order valence-corrected chi connectivity index (χ3v) is 5.35. The lowest BCUT2D eigenvalue weighted by molar-refractivity contribution is 0.331. The molecule has 2 rings (SSSR count). The van der Waals surface area contributed by atoms with Crippen LogP contribution in [-0.2, 0) is 10.0 Å². The Hall–Kier alpha value is -1.44. The molecule has 2 heterocycles. The van der Waals surface area contributed by atoms with Crippen LogP contribution in [0.1, 0.15) is 25.3 Å². The van der Waals surface area contributed by atoms with Crippen LogP contribution in [0.5, 0.6) is 0 Å². The summed E-state index contributed by atoms with van der Waals surface area (Å²) in [5.74, 6) is 0.649. The summed E-state index contributed by atoms with van der Waals surface area (Å²) in [6.07, 6.45) is 8.01. The minimum absolute atomic E-state index is 0.139. The highest BCUT2D eigenvalue weighted by atomic mass is 35.5. The maximum atomic E-state index is 11.6. The Kier molecular flexibility index (Phi) is 5.78. The number of aromatic nitrogens is 2. The Morgan fingerprint density at radius 2 is 2.13 bits per heavy atom. The van der Waals surface area contributed by atoms with Gasteiger partial charge in [0.2, 0.25) is 15.3 Å². The highest BCUT2D eigenvalue weighted by Gasteiger charge is 2.25. The van der Waals surface area contributed by atoms with E-state index >= 15 is 0 Å². The van der Waals surface area contributed by atoms with Gasteiger partial charge in [-0.05, 0) is 36.9 Å². The Bertz CT molecular complexity index is 710. The SMILES string of the molecule is C=C/C(=C\C)c1cnc(Cl)nc1NC1CCN(S(C)(=O)=O)CC1. The maximum absolute atomic E-state index is 11.6. The Morgan fingerprint density at radius 3 is 2.65 bits per heavy atom. The molecule has 0 amide bonds. The molecule has 0 atom stereocenters. The van der Waals surface area contributed by atoms with Gasteiger partial charge in [0.25, 0.3) is 0 Å². The van der Waals surface area contributed by atoms with Crippen LogP contribution in [-0.4, -0.2) is 48.1 Å². The van der Waals surface area contributed by atoms with E-state index in [9.17, 15) is 8.42 Å². The minimum Gasteiger partial charge on any atom is -0.367 e. The van der Waals surface area contributed by atoms with Crippen LogP contribution in [0.4, 0.5) is 5.82 Å². The van der Waals surface area contributed by atoms with Crippen molar-refractivity contribution in [2.45, 2.75) is 25.8 Å². The first-order valence-electron chi connectivity index (χ1n) is 7.38. The quantitative estimate of drug-likeness (QED) is 0.648. The number of hydrogen-bond donors (Lipinski definition) is 1. The molecule has 0 aliphatic carbocycles. The molecule has 0 saturated carbocycles. The van der Waals surface area contributed by atoms with Crippen molar-refractivity contribution in [3.8, 4) is 0 Å². The fourth-order valence-corrected chi connectivity index (χ4v) is 3.60. The summed E-state index contributed by atoms with van der Waals surface area (Å²) >= 11 is 5.91. The molecule has 0 radical (unpaired) electrons. The monoisotopic (exact) mass is 356 g/mol. The number of anilines is 1. The first-order valence-corrected chi connectivity index (χ1v) is 9.61. The van der Waals surface area contributed by atoms with E-state index in [1.807, 2.05) is 13.0 Å². The standard InChI is InChI=1S/C15H21ClN4O2S/c1-4-11(5-2)13-10-17-15(16)19-14(13)18-12-6-8-20(9-7-12)23(3,21)22/h4-5,10,12H,1,6-9H2,2-3H3,(H,17,18,19)/b11-5+. The van der Waals surface area contributed by atoms with Crippen LogP contribution in [0.3, 0.4) is 0 Å². The number of allylic oxidation sites excluding steroid dienone is 3. The van der Waals surface area contributed by atoms with Gasteiger partial charge in [0.1, 0.15) is 5.82 Å². The normalized spacial score (nSPS) is 18.0. The van der Waals surface area contributed by atoms with Crippen LogP contribution >= 0.6 is 11.6 Å². The summed E-state index contributed by atoms with van der Waals surface area (Å²) in [6.45, 7) is 6.72. The minimum atomic E-state index is -3.12. The van der Waals surface area contributed by atoms with E-state index in [0.717, 1.165) is 11.1 Å². The number of rotatable bonds is 5. The average molecular weight is 357 g/mol. The molecule has 0 spiro atoms. The largest absolute Gasteiger partial charge is 0.367 e. The lowest BCUT2D eigenvalue weighted by atomic mass is 10.0. The van der Waals surface area contributed by atoms with E-state index in [1.54, 1.807) is 12.3 Å². The van der Waals surface area contributed by atoms with Gasteiger partial charge in [0.15, 0.2) is 0 Å². The first-order chi connectivity index (χ1) is 10.8. The van der Waals surface area contributed by atoms with Crippen LogP contribution in [0, 0.1) is 0 Å². The zero-order valence-corrected chi connectivity index (χ0v) is 14.9. The number of hydrogen-bond acceptors (Lipinski definition) is 5. The number of nitrogens with zero attached hydrogens (tertiary/aromatic N) is 3. The second kappa shape index (κ2) is 7.42. The molecule has 0 bridgehead atoms. The lowest BCUT2D eigenvalue weighted by Gasteiger charge is -2.31. The van der Waals surface area contributed by atoms with Crippen LogP contribution < -0.4 is 5.32 Å². The molecule has 1 N–H and O–H groups in total. The van der Waals surface area contributed by atoms with Crippen molar-refractivity contribution in [3.05, 3.63) is 35.8 Å². The Balaban J connectivity index is 2.15. The van der Waals surface area contributed by atoms with Crippen molar-refractivity contribution in [1.29, 1.82) is 0 Å². The molecule has 6 nitrogen and oxygen atoms in total. The Labute approximate surface area is 142 Å². The van der Waals surface area contributed by atoms with Gasteiger partial charge in [0.05, 0.1) is 6.26 Å². The highest BCUT2D eigenvalue weighted by molar-refractivity contribution is 7.88. The topological polar surface area (TPSA) is 75.2 Å². The molecule has 1 saturated heterocycles. The van der Waals surface area contributed by atoms with Crippen molar-refractivity contribution in [3.63, 3.8) is 0 Å². The molecule has 1 aliphatic heterocycles. The molecule has 1 aliphatic rings. The summed E-state index contributed by atoms with van der Waals surface area (Å²) in [5, 5.41) is 3.54. The van der Waals surface area contributed by atoms with E-state index < -0.39 is 10.0 Å². The van der Waals surface area contributed by atoms with Gasteiger partial charge in [-0.2, -0.15) is 0 Å². The molecule has 1 aromatic heterocycles. The second-order valence-corrected chi connectivity index (χ2v) is 7.75. The molecule has 1 aromatic rings. The summed E-state index contributed by atoms with van der Waals surface area (Å²) in [6, 6.07) is 0.139. The molecular formula is C15H21ClN4O2S. The Morgan fingerprint density at radius 1 is 1.48 bits per heavy atom. The molecular weight excluding hydrogens is 336 g/mol. The van der Waals surface area contributed by atoms with E-state index in [1.165, 1.54) is 10.6 Å². The molecule has 8 heteroatoms. The van der Waals surface area contributed by atoms with Crippen molar-refractivity contribution >= 4 is 33.0 Å². The van der Waals surface area contributed by atoms with Gasteiger partial charge in [-0.25, -0.2) is 22.7 Å². The van der Waals surface area contributed by atoms with Gasteiger partial charge >= 0.3 is 0 Å². The molecule has 1 fully saturated rings. The third-order valence-electron chi connectivity index (χ3n) is 3.87. The van der Waals surface area contributed by atoms with Crippen molar-refractivity contribution in [2.75, 3.05) is 24.7 Å². The first kappa shape index (κ1) is 17.9. The van der Waals surface area contributed by atoms with Crippen molar-refractivity contribution in [1.82, 2.24) is 14.3 Å². The molecule has 23 heavy (non-hydrogen) atoms. The van der Waals surface area contributed by atoms with Crippen molar-refractivity contribution in [2.24, 2.45) is 0 Å². The van der Waals surface area contributed by atoms with E-state index in [0.29, 0.717) is 31.7 Å². The van der Waals surface area contributed by atoms with Crippen LogP contribution in [0.25, 0.3) is 5.57 Å². The summed E-state index contributed by atoms with van der Waals surface area (Å²) in [5.41, 5.74) is 1.75. The molecule has 0 aromatic carbocycles. The average Bonchev–Trinajstić information content (AvgIpc) is 2.50. The summed E-state index contributed by atoms with van der Waals surface area (Å²) in [4.78, 5) is 8.31. The second-order valence-electron chi connectivity index (χ2n) is 5.43. The lowest BCUT2D eigenvalue weighted by Crippen LogP contribution is -2.42. The number of piperidine rings is 1. The van der Waals surface area contributed by atoms with E-state index in [2.05, 4.69) is 21.9 Å². The van der Waals surface area contributed by atoms with Gasteiger partial charge < -0.3 is 5.32 Å². The fraction of sp³-hybridized carbons (Fsp3) is 0.467. The summed E-state index contributed by atoms with van der Waals surface area (Å²) < 4.78 is 24.6. The molecule has 0 unspecified atom stereocenters. The van der Waals surface area contributed by atoms with Gasteiger partial charge in [0, 0.05) is 30.9 Å². The van der Waals surface area contributed by atoms with Crippen LogP contribution in [0.2, 0.25) is 5.28 Å². The highest BCUT2D eigenvalue weighted by Crippen LogP contribution is 2.26. The third kappa shape index (κ3) is 4.53. The van der Waals surface area contributed by atoms with Gasteiger partial charge in [-0.15, -0.1) is 0 Å². The zero-order chi connectivity index (χ0) is 17.0. The van der Waals surface area contributed by atoms with Gasteiger partial charge in [-0.3, -0.25) is 0 Å². The zero-order valence-electron chi connectivity index (χ0n) is 13.3. The predicted octanol–water partition coefficient (Wildman–Crippen LogP) is 2.56. The summed E-state index contributed by atoms with van der Waals surface area (Å²) in [7, 11) is -3.12. The molecule has 126 valence electrons. The number of halogens is 1. The smallest absolute Gasteiger partial charge is 0.224 e. The number of nitrogens with one attached hydrogen (secondary N) is 1. The van der Waals surface area contributed by atoms with Crippen molar-refractivity contribution < 1.29 is 8.42 Å². The fourth-order valence-electron chi connectivity index (χ4n) is 2.59. The van der Waals surface area contributed by atoms with Crippen LogP contribution in [0.15, 0.2) is 24.9 Å². The number of sulfonamides is 1. The van der Waals surface area contributed by atoms with E-state index in [-0.39, 0.29) is 11.3 Å². The van der Waals surface area contributed by atoms with E-state index in [4.69, 9.17) is 11.6 Å². The van der Waals surface area contributed by atoms with Gasteiger partial charge in [-0.1, -0.05) is 18.7 Å². The maximum Gasteiger partial charge on any atom is 0.224 e. The predicted molar refractivity (Wildman–Crippen MR) is 94.0 cm³/mol.